The second kappa shape index (κ2) is 13.3. The van der Waals surface area contributed by atoms with Crippen molar-refractivity contribution in [2.75, 3.05) is 14.2 Å². The molecular formula is C26H44O3. The molecule has 2 rings (SSSR count). The van der Waals surface area contributed by atoms with Crippen LogP contribution in [0.5, 0.6) is 5.75 Å². The highest BCUT2D eigenvalue weighted by molar-refractivity contribution is 5.25. The maximum atomic E-state index is 9.57. The van der Waals surface area contributed by atoms with Crippen molar-refractivity contribution < 1.29 is 14.6 Å². The minimum Gasteiger partial charge on any atom is -0.508 e. The third-order valence-electron chi connectivity index (χ3n) is 7.01. The van der Waals surface area contributed by atoms with Crippen molar-refractivity contribution in [1.82, 2.24) is 0 Å². The molecule has 0 spiro atoms. The highest BCUT2D eigenvalue weighted by atomic mass is 16.7. The Morgan fingerprint density at radius 3 is 2.14 bits per heavy atom. The Morgan fingerprint density at radius 1 is 0.897 bits per heavy atom. The van der Waals surface area contributed by atoms with Gasteiger partial charge >= 0.3 is 0 Å². The van der Waals surface area contributed by atoms with Crippen molar-refractivity contribution in [3.05, 3.63) is 29.8 Å². The maximum Gasteiger partial charge on any atom is 0.173 e. The van der Waals surface area contributed by atoms with Crippen LogP contribution in [0, 0.1) is 11.8 Å². The summed E-state index contributed by atoms with van der Waals surface area (Å²) in [6.07, 6.45) is 17.5. The molecule has 0 amide bonds. The van der Waals surface area contributed by atoms with Gasteiger partial charge in [-0.05, 0) is 49.8 Å². The number of hydrogen-bond acceptors (Lipinski definition) is 3. The molecule has 0 aliphatic heterocycles. The molecule has 3 heteroatoms. The van der Waals surface area contributed by atoms with E-state index in [1.165, 1.54) is 82.6 Å². The fourth-order valence-corrected chi connectivity index (χ4v) is 5.31. The van der Waals surface area contributed by atoms with Gasteiger partial charge in [0.2, 0.25) is 0 Å². The Bertz CT molecular complexity index is 529. The van der Waals surface area contributed by atoms with E-state index in [9.17, 15) is 5.11 Å². The number of unbranched alkanes of at least 4 members (excludes halogenated alkanes) is 5. The fraction of sp³-hybridized carbons (Fsp3) is 0.769. The van der Waals surface area contributed by atoms with Crippen molar-refractivity contribution in [3.63, 3.8) is 0 Å². The number of phenolic OH excluding ortho intramolecular Hbond substituents is 1. The molecule has 0 heterocycles. The first-order valence-electron chi connectivity index (χ1n) is 12.0. The summed E-state index contributed by atoms with van der Waals surface area (Å²) in [4.78, 5) is 0. The monoisotopic (exact) mass is 404 g/mol. The number of hydrogen-bond donors (Lipinski definition) is 1. The predicted octanol–water partition coefficient (Wildman–Crippen LogP) is 7.26. The quantitative estimate of drug-likeness (QED) is 0.262. The molecule has 1 aliphatic rings. The molecular weight excluding hydrogens is 360 g/mol. The van der Waals surface area contributed by atoms with Gasteiger partial charge in [-0.25, -0.2) is 0 Å². The number of aromatic hydroxyl groups is 1. The van der Waals surface area contributed by atoms with Gasteiger partial charge in [0.05, 0.1) is 0 Å². The summed E-state index contributed by atoms with van der Waals surface area (Å²) in [5.74, 6) is 0.778. The smallest absolute Gasteiger partial charge is 0.173 e. The summed E-state index contributed by atoms with van der Waals surface area (Å²) < 4.78 is 12.5. The highest BCUT2D eigenvalue weighted by Gasteiger charge is 2.45. The first-order chi connectivity index (χ1) is 14.2. The third kappa shape index (κ3) is 7.29. The minimum absolute atomic E-state index is 0.336. The van der Waals surface area contributed by atoms with Gasteiger partial charge < -0.3 is 14.6 Å². The zero-order valence-electron chi connectivity index (χ0n) is 19.1. The van der Waals surface area contributed by atoms with Crippen LogP contribution in [0.1, 0.15) is 96.0 Å². The largest absolute Gasteiger partial charge is 0.508 e. The number of benzene rings is 1. The molecule has 0 radical (unpaired) electrons. The lowest BCUT2D eigenvalue weighted by Gasteiger charge is -2.46. The van der Waals surface area contributed by atoms with E-state index in [4.69, 9.17) is 9.47 Å². The van der Waals surface area contributed by atoms with Crippen LogP contribution in [0.25, 0.3) is 0 Å². The van der Waals surface area contributed by atoms with Crippen LogP contribution in [0.3, 0.4) is 0 Å². The Morgan fingerprint density at radius 2 is 1.52 bits per heavy atom. The maximum absolute atomic E-state index is 9.57. The normalized spacial score (nSPS) is 16.8. The van der Waals surface area contributed by atoms with Gasteiger partial charge in [-0.3, -0.25) is 0 Å². The molecule has 1 aromatic carbocycles. The van der Waals surface area contributed by atoms with Crippen LogP contribution in [-0.2, 0) is 15.9 Å². The number of aryl methyl sites for hydroxylation is 1. The second-order valence-electron chi connectivity index (χ2n) is 8.92. The molecule has 29 heavy (non-hydrogen) atoms. The molecule has 1 fully saturated rings. The molecule has 1 aliphatic carbocycles. The molecule has 166 valence electrons. The summed E-state index contributed by atoms with van der Waals surface area (Å²) in [6, 6.07) is 7.66. The molecule has 1 unspecified atom stereocenters. The van der Waals surface area contributed by atoms with Crippen molar-refractivity contribution >= 4 is 0 Å². The molecule has 0 bridgehead atoms. The van der Waals surface area contributed by atoms with Gasteiger partial charge in [0.1, 0.15) is 5.75 Å². The lowest BCUT2D eigenvalue weighted by Crippen LogP contribution is -2.49. The number of rotatable bonds is 14. The molecule has 1 atom stereocenters. The van der Waals surface area contributed by atoms with Gasteiger partial charge in [0.25, 0.3) is 0 Å². The van der Waals surface area contributed by atoms with Crippen LogP contribution in [-0.4, -0.2) is 25.1 Å². The number of phenols is 1. The lowest BCUT2D eigenvalue weighted by molar-refractivity contribution is -0.278. The molecule has 3 nitrogen and oxygen atoms in total. The molecule has 1 aromatic rings. The third-order valence-corrected chi connectivity index (χ3v) is 7.01. The SMILES string of the molecule is CCCCCCCCC(CCc1ccc(O)cc1)C(OC)(OC)C1CCCCC1. The Hall–Kier alpha value is -1.06. The molecule has 1 saturated carbocycles. The number of methoxy groups -OCH3 is 2. The number of ether oxygens (including phenoxy) is 2. The van der Waals surface area contributed by atoms with Gasteiger partial charge in [0.15, 0.2) is 5.79 Å². The Labute approximate surface area is 179 Å². The van der Waals surface area contributed by atoms with Crippen LogP contribution in [0.15, 0.2) is 24.3 Å². The second-order valence-corrected chi connectivity index (χ2v) is 8.92. The van der Waals surface area contributed by atoms with Crippen LogP contribution in [0.4, 0.5) is 0 Å². The summed E-state index contributed by atoms with van der Waals surface area (Å²) >= 11 is 0. The summed E-state index contributed by atoms with van der Waals surface area (Å²) in [7, 11) is 3.71. The topological polar surface area (TPSA) is 38.7 Å². The van der Waals surface area contributed by atoms with Crippen LogP contribution < -0.4 is 0 Å². The van der Waals surface area contributed by atoms with Crippen molar-refractivity contribution in [1.29, 1.82) is 0 Å². The van der Waals surface area contributed by atoms with Crippen LogP contribution >= 0.6 is 0 Å². The van der Waals surface area contributed by atoms with E-state index < -0.39 is 5.79 Å². The van der Waals surface area contributed by atoms with E-state index in [2.05, 4.69) is 6.92 Å². The summed E-state index contributed by atoms with van der Waals surface area (Å²) in [6.45, 7) is 2.27. The standard InChI is InChI=1S/C26H44O3/c1-4-5-6-7-8-10-15-24(19-16-22-17-20-25(27)21-18-22)26(28-2,29-3)23-13-11-9-12-14-23/h17-18,20-21,23-24,27H,4-16,19H2,1-3H3. The van der Waals surface area contributed by atoms with Crippen molar-refractivity contribution in [3.8, 4) is 5.75 Å². The first-order valence-corrected chi connectivity index (χ1v) is 12.0. The Kier molecular flexibility index (Phi) is 11.1. The van der Waals surface area contributed by atoms with Crippen molar-refractivity contribution in [2.24, 2.45) is 11.8 Å². The van der Waals surface area contributed by atoms with Gasteiger partial charge in [-0.15, -0.1) is 0 Å². The fourth-order valence-electron chi connectivity index (χ4n) is 5.31. The Balaban J connectivity index is 2.06. The lowest BCUT2D eigenvalue weighted by atomic mass is 9.74. The highest BCUT2D eigenvalue weighted by Crippen LogP contribution is 2.43. The molecule has 0 saturated heterocycles. The van der Waals surface area contributed by atoms with E-state index in [1.54, 1.807) is 12.1 Å². The predicted molar refractivity (Wildman–Crippen MR) is 121 cm³/mol. The molecule has 1 N–H and O–H groups in total. The van der Waals surface area contributed by atoms with Gasteiger partial charge in [-0.2, -0.15) is 0 Å². The summed E-state index contributed by atoms with van der Waals surface area (Å²) in [5.41, 5.74) is 1.28. The van der Waals surface area contributed by atoms with E-state index in [-0.39, 0.29) is 0 Å². The van der Waals surface area contributed by atoms with E-state index >= 15 is 0 Å². The van der Waals surface area contributed by atoms with E-state index in [1.807, 2.05) is 26.4 Å². The zero-order valence-corrected chi connectivity index (χ0v) is 19.1. The van der Waals surface area contributed by atoms with E-state index in [0.29, 0.717) is 17.6 Å². The van der Waals surface area contributed by atoms with Crippen molar-refractivity contribution in [2.45, 2.75) is 103 Å². The summed E-state index contributed by atoms with van der Waals surface area (Å²) in [5, 5.41) is 9.57. The van der Waals surface area contributed by atoms with Gasteiger partial charge in [0, 0.05) is 26.1 Å². The zero-order chi connectivity index (χ0) is 21.0. The van der Waals surface area contributed by atoms with E-state index in [0.717, 1.165) is 12.8 Å². The molecule has 0 aromatic heterocycles. The van der Waals surface area contributed by atoms with Crippen LogP contribution in [0.2, 0.25) is 0 Å². The minimum atomic E-state index is -0.458. The average molecular weight is 405 g/mol. The van der Waals surface area contributed by atoms with Gasteiger partial charge in [-0.1, -0.05) is 76.8 Å². The first kappa shape index (κ1) is 24.2. The average Bonchev–Trinajstić information content (AvgIpc) is 2.76.